The van der Waals surface area contributed by atoms with Crippen molar-refractivity contribution in [2.24, 2.45) is 7.05 Å². The van der Waals surface area contributed by atoms with Crippen molar-refractivity contribution in [3.8, 4) is 0 Å². The molecule has 0 saturated carbocycles. The van der Waals surface area contributed by atoms with Gasteiger partial charge in [-0.3, -0.25) is 4.68 Å². The maximum absolute atomic E-state index is 4.51. The summed E-state index contributed by atoms with van der Waals surface area (Å²) in [5, 5.41) is 7.97. The fourth-order valence-electron chi connectivity index (χ4n) is 2.28. The van der Waals surface area contributed by atoms with E-state index in [0.717, 1.165) is 35.2 Å². The first kappa shape index (κ1) is 15.1. The fraction of sp³-hybridized carbons (Fsp3) is 0.438. The number of nitrogens with zero attached hydrogens (tertiary/aromatic N) is 2. The summed E-state index contributed by atoms with van der Waals surface area (Å²) in [6.07, 6.45) is 3.28. The highest BCUT2D eigenvalue weighted by Gasteiger charge is 2.11. The topological polar surface area (TPSA) is 29.9 Å². The molecule has 0 aliphatic rings. The van der Waals surface area contributed by atoms with Crippen LogP contribution in [0.2, 0.25) is 0 Å². The Balaban J connectivity index is 2.03. The third-order valence-corrected chi connectivity index (χ3v) is 4.37. The average Bonchev–Trinajstić information content (AvgIpc) is 2.73. The van der Waals surface area contributed by atoms with E-state index in [1.54, 1.807) is 0 Å². The molecule has 0 radical (unpaired) electrons. The number of hydrogen-bond donors (Lipinski definition) is 1. The maximum atomic E-state index is 4.51. The third-order valence-electron chi connectivity index (χ3n) is 3.46. The molecule has 20 heavy (non-hydrogen) atoms. The van der Waals surface area contributed by atoms with E-state index in [-0.39, 0.29) is 0 Å². The number of hydrogen-bond acceptors (Lipinski definition) is 2. The number of rotatable bonds is 6. The number of aromatic nitrogens is 2. The standard InChI is InChI=1S/C16H22BrN3/c1-4-6-12-7-9-13(10-8-12)18-11-15-16(17)14(5-2)19-20(15)3/h7-10,18H,4-6,11H2,1-3H3. The molecule has 1 heterocycles. The van der Waals surface area contributed by atoms with Gasteiger partial charge in [-0.15, -0.1) is 0 Å². The van der Waals surface area contributed by atoms with Crippen LogP contribution < -0.4 is 5.32 Å². The zero-order valence-corrected chi connectivity index (χ0v) is 14.0. The summed E-state index contributed by atoms with van der Waals surface area (Å²) in [7, 11) is 1.99. The van der Waals surface area contributed by atoms with E-state index in [0.29, 0.717) is 0 Å². The Morgan fingerprint density at radius 1 is 1.20 bits per heavy atom. The lowest BCUT2D eigenvalue weighted by molar-refractivity contribution is 0.706. The Kier molecular flexibility index (Phi) is 5.24. The Morgan fingerprint density at radius 2 is 1.90 bits per heavy atom. The van der Waals surface area contributed by atoms with Crippen molar-refractivity contribution < 1.29 is 0 Å². The fourth-order valence-corrected chi connectivity index (χ4v) is 3.03. The quantitative estimate of drug-likeness (QED) is 0.852. The van der Waals surface area contributed by atoms with Crippen LogP contribution in [0.5, 0.6) is 0 Å². The Bertz CT molecular complexity index is 558. The molecule has 1 aromatic heterocycles. The van der Waals surface area contributed by atoms with Gasteiger partial charge in [-0.05, 0) is 46.5 Å². The number of anilines is 1. The van der Waals surface area contributed by atoms with Crippen LogP contribution in [0.4, 0.5) is 5.69 Å². The molecule has 4 heteroatoms. The summed E-state index contributed by atoms with van der Waals surface area (Å²) in [5.41, 5.74) is 4.84. The van der Waals surface area contributed by atoms with Crippen LogP contribution in [0.3, 0.4) is 0 Å². The summed E-state index contributed by atoms with van der Waals surface area (Å²) < 4.78 is 3.07. The first-order chi connectivity index (χ1) is 9.65. The highest BCUT2D eigenvalue weighted by atomic mass is 79.9. The van der Waals surface area contributed by atoms with E-state index < -0.39 is 0 Å². The monoisotopic (exact) mass is 335 g/mol. The van der Waals surface area contributed by atoms with E-state index in [1.807, 2.05) is 11.7 Å². The van der Waals surface area contributed by atoms with Crippen LogP contribution in [0.25, 0.3) is 0 Å². The number of halogens is 1. The highest BCUT2D eigenvalue weighted by molar-refractivity contribution is 9.10. The normalized spacial score (nSPS) is 10.8. The molecule has 0 unspecified atom stereocenters. The Labute approximate surface area is 129 Å². The molecular weight excluding hydrogens is 314 g/mol. The lowest BCUT2D eigenvalue weighted by atomic mass is 10.1. The van der Waals surface area contributed by atoms with E-state index in [2.05, 4.69) is 64.5 Å². The van der Waals surface area contributed by atoms with Gasteiger partial charge >= 0.3 is 0 Å². The van der Waals surface area contributed by atoms with Crippen molar-refractivity contribution in [2.75, 3.05) is 5.32 Å². The van der Waals surface area contributed by atoms with Crippen LogP contribution in [-0.2, 0) is 26.4 Å². The van der Waals surface area contributed by atoms with Gasteiger partial charge in [0.2, 0.25) is 0 Å². The summed E-state index contributed by atoms with van der Waals surface area (Å²) in [6, 6.07) is 8.69. The molecule has 1 N–H and O–H groups in total. The van der Waals surface area contributed by atoms with Crippen LogP contribution in [0.1, 0.15) is 37.2 Å². The van der Waals surface area contributed by atoms with Gasteiger partial charge in [-0.25, -0.2) is 0 Å². The minimum atomic E-state index is 0.775. The van der Waals surface area contributed by atoms with Crippen molar-refractivity contribution in [2.45, 2.75) is 39.7 Å². The van der Waals surface area contributed by atoms with Crippen molar-refractivity contribution in [3.05, 3.63) is 45.7 Å². The van der Waals surface area contributed by atoms with Gasteiger partial charge in [0.05, 0.1) is 22.4 Å². The van der Waals surface area contributed by atoms with Crippen molar-refractivity contribution >= 4 is 21.6 Å². The van der Waals surface area contributed by atoms with Crippen molar-refractivity contribution in [3.63, 3.8) is 0 Å². The summed E-state index contributed by atoms with van der Waals surface area (Å²) in [6.45, 7) is 5.10. The maximum Gasteiger partial charge on any atom is 0.0767 e. The molecule has 0 bridgehead atoms. The van der Waals surface area contributed by atoms with Crippen LogP contribution in [-0.4, -0.2) is 9.78 Å². The van der Waals surface area contributed by atoms with E-state index in [9.17, 15) is 0 Å². The molecule has 0 aliphatic heterocycles. The van der Waals surface area contributed by atoms with Gasteiger partial charge in [-0.2, -0.15) is 5.10 Å². The molecule has 3 nitrogen and oxygen atoms in total. The molecule has 2 rings (SSSR count). The molecule has 0 saturated heterocycles. The van der Waals surface area contributed by atoms with Gasteiger partial charge in [0.15, 0.2) is 0 Å². The first-order valence-electron chi connectivity index (χ1n) is 7.18. The van der Waals surface area contributed by atoms with Crippen molar-refractivity contribution in [1.82, 2.24) is 9.78 Å². The summed E-state index contributed by atoms with van der Waals surface area (Å²) in [5.74, 6) is 0. The molecule has 0 aliphatic carbocycles. The average molecular weight is 336 g/mol. The largest absolute Gasteiger partial charge is 0.379 e. The molecule has 0 spiro atoms. The van der Waals surface area contributed by atoms with Gasteiger partial charge in [0.1, 0.15) is 0 Å². The van der Waals surface area contributed by atoms with Crippen LogP contribution in [0.15, 0.2) is 28.7 Å². The molecule has 1 aromatic carbocycles. The third kappa shape index (κ3) is 3.42. The second-order valence-corrected chi connectivity index (χ2v) is 5.78. The summed E-state index contributed by atoms with van der Waals surface area (Å²) >= 11 is 3.64. The Hall–Kier alpha value is -1.29. The predicted molar refractivity (Wildman–Crippen MR) is 88.0 cm³/mol. The van der Waals surface area contributed by atoms with Crippen LogP contribution in [0, 0.1) is 0 Å². The number of benzene rings is 1. The number of nitrogens with one attached hydrogen (secondary N) is 1. The minimum absolute atomic E-state index is 0.775. The van der Waals surface area contributed by atoms with Gasteiger partial charge in [-0.1, -0.05) is 32.4 Å². The van der Waals surface area contributed by atoms with Gasteiger partial charge in [0, 0.05) is 12.7 Å². The first-order valence-corrected chi connectivity index (χ1v) is 7.98. The number of aryl methyl sites for hydroxylation is 3. The SMILES string of the molecule is CCCc1ccc(NCc2c(Br)c(CC)nn2C)cc1. The zero-order valence-electron chi connectivity index (χ0n) is 12.4. The molecular formula is C16H22BrN3. The molecule has 2 aromatic rings. The molecule has 0 fully saturated rings. The van der Waals surface area contributed by atoms with Gasteiger partial charge in [0.25, 0.3) is 0 Å². The van der Waals surface area contributed by atoms with E-state index in [1.165, 1.54) is 17.7 Å². The van der Waals surface area contributed by atoms with Crippen LogP contribution >= 0.6 is 15.9 Å². The summed E-state index contributed by atoms with van der Waals surface area (Å²) in [4.78, 5) is 0. The Morgan fingerprint density at radius 3 is 2.45 bits per heavy atom. The molecule has 108 valence electrons. The lowest BCUT2D eigenvalue weighted by Crippen LogP contribution is -2.06. The smallest absolute Gasteiger partial charge is 0.0767 e. The zero-order chi connectivity index (χ0) is 14.5. The van der Waals surface area contributed by atoms with E-state index >= 15 is 0 Å². The second-order valence-electron chi connectivity index (χ2n) is 4.99. The molecule has 0 atom stereocenters. The van der Waals surface area contributed by atoms with E-state index in [4.69, 9.17) is 0 Å². The lowest BCUT2D eigenvalue weighted by Gasteiger charge is -2.08. The second kappa shape index (κ2) is 6.93. The molecule has 0 amide bonds. The van der Waals surface area contributed by atoms with Crippen molar-refractivity contribution in [1.29, 1.82) is 0 Å². The predicted octanol–water partition coefficient (Wildman–Crippen LogP) is 4.31. The minimum Gasteiger partial charge on any atom is -0.379 e. The highest BCUT2D eigenvalue weighted by Crippen LogP contribution is 2.22. The van der Waals surface area contributed by atoms with Gasteiger partial charge < -0.3 is 5.32 Å².